The quantitative estimate of drug-likeness (QED) is 0.557. The van der Waals surface area contributed by atoms with E-state index in [1.165, 1.54) is 11.8 Å². The number of carbonyl (C=O) groups is 1. The van der Waals surface area contributed by atoms with Gasteiger partial charge in [0.15, 0.2) is 11.0 Å². The van der Waals surface area contributed by atoms with Gasteiger partial charge in [0.05, 0.1) is 11.8 Å². The van der Waals surface area contributed by atoms with Crippen molar-refractivity contribution in [3.8, 4) is 5.75 Å². The van der Waals surface area contributed by atoms with Crippen LogP contribution in [0.15, 0.2) is 65.8 Å². The van der Waals surface area contributed by atoms with Crippen molar-refractivity contribution in [2.24, 2.45) is 0 Å². The topological polar surface area (TPSA) is 69.0 Å². The number of thioether (sulfide) groups is 1. The molecule has 146 valence electrons. The van der Waals surface area contributed by atoms with E-state index in [2.05, 4.69) is 15.5 Å². The van der Waals surface area contributed by atoms with Gasteiger partial charge in [-0.3, -0.25) is 4.79 Å². The van der Waals surface area contributed by atoms with Crippen molar-refractivity contribution in [1.82, 2.24) is 20.1 Å². The zero-order valence-electron chi connectivity index (χ0n) is 16.0. The predicted octanol–water partition coefficient (Wildman–Crippen LogP) is 3.85. The number of ether oxygens (including phenoxy) is 1. The molecule has 1 atom stereocenters. The number of rotatable bonds is 9. The normalized spacial score (nSPS) is 11.8. The lowest BCUT2D eigenvalue weighted by atomic mass is 10.1. The molecule has 0 unspecified atom stereocenters. The van der Waals surface area contributed by atoms with Crippen LogP contribution in [0.3, 0.4) is 0 Å². The Hall–Kier alpha value is -2.80. The molecule has 1 aromatic heterocycles. The molecular formula is C21H24N4O2S. The summed E-state index contributed by atoms with van der Waals surface area (Å²) in [5.41, 5.74) is 1.08. The number of nitrogens with one attached hydrogen (secondary N) is 1. The van der Waals surface area contributed by atoms with Gasteiger partial charge in [0.25, 0.3) is 0 Å². The number of carbonyl (C=O) groups excluding carboxylic acids is 1. The predicted molar refractivity (Wildman–Crippen MR) is 110 cm³/mol. The van der Waals surface area contributed by atoms with Gasteiger partial charge in [0.2, 0.25) is 5.91 Å². The van der Waals surface area contributed by atoms with E-state index in [4.69, 9.17) is 4.74 Å². The Bertz CT molecular complexity index is 884. The first-order valence-corrected chi connectivity index (χ1v) is 10.2. The van der Waals surface area contributed by atoms with Crippen LogP contribution in [0, 0.1) is 0 Å². The number of aromatic nitrogens is 3. The molecule has 3 rings (SSSR count). The molecule has 2 aromatic carbocycles. The van der Waals surface area contributed by atoms with Crippen molar-refractivity contribution >= 4 is 17.7 Å². The summed E-state index contributed by atoms with van der Waals surface area (Å²) in [6.07, 6.45) is 0. The Morgan fingerprint density at radius 1 is 1.11 bits per heavy atom. The second-order valence-electron chi connectivity index (χ2n) is 6.23. The number of amides is 1. The fraction of sp³-hybridized carbons (Fsp3) is 0.286. The first-order valence-electron chi connectivity index (χ1n) is 9.24. The standard InChI is InChI=1S/C21H24N4O2S/c1-3-25-19(14-27-18-12-8-5-9-13-18)23-24-21(25)28-15-20(26)22-16(2)17-10-6-4-7-11-17/h4-13,16H,3,14-15H2,1-2H3,(H,22,26)/t16-/m1/s1. The van der Waals surface area contributed by atoms with Crippen LogP contribution in [0.2, 0.25) is 0 Å². The number of para-hydroxylation sites is 1. The maximum Gasteiger partial charge on any atom is 0.230 e. The Morgan fingerprint density at radius 3 is 2.46 bits per heavy atom. The molecule has 0 radical (unpaired) electrons. The van der Waals surface area contributed by atoms with E-state index in [1.54, 1.807) is 0 Å². The molecule has 0 aliphatic heterocycles. The summed E-state index contributed by atoms with van der Waals surface area (Å²) in [4.78, 5) is 12.3. The van der Waals surface area contributed by atoms with Crippen molar-refractivity contribution < 1.29 is 9.53 Å². The van der Waals surface area contributed by atoms with Crippen molar-refractivity contribution in [1.29, 1.82) is 0 Å². The van der Waals surface area contributed by atoms with E-state index >= 15 is 0 Å². The third kappa shape index (κ3) is 5.36. The smallest absolute Gasteiger partial charge is 0.230 e. The van der Waals surface area contributed by atoms with Crippen molar-refractivity contribution in [3.63, 3.8) is 0 Å². The van der Waals surface area contributed by atoms with E-state index in [9.17, 15) is 4.79 Å². The van der Waals surface area contributed by atoms with Crippen LogP contribution in [-0.4, -0.2) is 26.4 Å². The summed E-state index contributed by atoms with van der Waals surface area (Å²) in [5.74, 6) is 1.78. The summed E-state index contributed by atoms with van der Waals surface area (Å²) >= 11 is 1.38. The fourth-order valence-corrected chi connectivity index (χ4v) is 3.59. The van der Waals surface area contributed by atoms with Crippen molar-refractivity contribution in [2.75, 3.05) is 5.75 Å². The monoisotopic (exact) mass is 396 g/mol. The summed E-state index contributed by atoms with van der Waals surface area (Å²) in [6.45, 7) is 5.05. The highest BCUT2D eigenvalue weighted by Gasteiger charge is 2.15. The highest BCUT2D eigenvalue weighted by atomic mass is 32.2. The van der Waals surface area contributed by atoms with Gasteiger partial charge in [-0.2, -0.15) is 0 Å². The van der Waals surface area contributed by atoms with Crippen LogP contribution < -0.4 is 10.1 Å². The van der Waals surface area contributed by atoms with Crippen molar-refractivity contribution in [2.45, 2.75) is 38.2 Å². The minimum Gasteiger partial charge on any atom is -0.486 e. The zero-order valence-corrected chi connectivity index (χ0v) is 16.9. The van der Waals surface area contributed by atoms with E-state index in [-0.39, 0.29) is 17.7 Å². The van der Waals surface area contributed by atoms with Gasteiger partial charge in [-0.15, -0.1) is 10.2 Å². The molecule has 7 heteroatoms. The Morgan fingerprint density at radius 2 is 1.79 bits per heavy atom. The van der Waals surface area contributed by atoms with E-state index in [1.807, 2.05) is 79.1 Å². The van der Waals surface area contributed by atoms with Gasteiger partial charge in [0.1, 0.15) is 12.4 Å². The maximum absolute atomic E-state index is 12.3. The highest BCUT2D eigenvalue weighted by molar-refractivity contribution is 7.99. The fourth-order valence-electron chi connectivity index (χ4n) is 2.75. The maximum atomic E-state index is 12.3. The summed E-state index contributed by atoms with van der Waals surface area (Å²) in [7, 11) is 0. The Labute approximate surface area is 169 Å². The summed E-state index contributed by atoms with van der Waals surface area (Å²) in [6, 6.07) is 19.5. The molecule has 0 aliphatic rings. The number of hydrogen-bond donors (Lipinski definition) is 1. The Kier molecular flexibility index (Phi) is 7.08. The first-order chi connectivity index (χ1) is 13.7. The highest BCUT2D eigenvalue weighted by Crippen LogP contribution is 2.19. The molecule has 1 heterocycles. The molecule has 1 N–H and O–H groups in total. The Balaban J connectivity index is 1.54. The SMILES string of the molecule is CCn1c(COc2ccccc2)nnc1SCC(=O)N[C@H](C)c1ccccc1. The molecule has 0 saturated carbocycles. The molecule has 0 aliphatic carbocycles. The van der Waals surface area contributed by atoms with E-state index in [0.717, 1.165) is 22.3 Å². The second-order valence-corrected chi connectivity index (χ2v) is 7.18. The van der Waals surface area contributed by atoms with Crippen LogP contribution in [0.4, 0.5) is 0 Å². The van der Waals surface area contributed by atoms with Crippen LogP contribution in [0.1, 0.15) is 31.3 Å². The largest absolute Gasteiger partial charge is 0.486 e. The third-order valence-electron chi connectivity index (χ3n) is 4.23. The first kappa shape index (κ1) is 19.9. The van der Waals surface area contributed by atoms with E-state index in [0.29, 0.717) is 13.2 Å². The lowest BCUT2D eigenvalue weighted by Gasteiger charge is -2.14. The molecule has 1 amide bonds. The van der Waals surface area contributed by atoms with Gasteiger partial charge >= 0.3 is 0 Å². The van der Waals surface area contributed by atoms with Gasteiger partial charge < -0.3 is 14.6 Å². The molecule has 28 heavy (non-hydrogen) atoms. The lowest BCUT2D eigenvalue weighted by Crippen LogP contribution is -2.28. The molecule has 0 fully saturated rings. The van der Waals surface area contributed by atoms with Crippen molar-refractivity contribution in [3.05, 3.63) is 72.1 Å². The van der Waals surface area contributed by atoms with Gasteiger partial charge in [-0.1, -0.05) is 60.3 Å². The van der Waals surface area contributed by atoms with Crippen LogP contribution in [0.25, 0.3) is 0 Å². The molecule has 0 bridgehead atoms. The second kappa shape index (κ2) is 9.94. The molecule has 6 nitrogen and oxygen atoms in total. The summed E-state index contributed by atoms with van der Waals surface area (Å²) < 4.78 is 7.74. The minimum absolute atomic E-state index is 0.0332. The number of benzene rings is 2. The average Bonchev–Trinajstić information content (AvgIpc) is 3.14. The average molecular weight is 397 g/mol. The number of nitrogens with zero attached hydrogens (tertiary/aromatic N) is 3. The zero-order chi connectivity index (χ0) is 19.8. The van der Waals surface area contributed by atoms with Gasteiger partial charge in [-0.05, 0) is 31.5 Å². The summed E-state index contributed by atoms with van der Waals surface area (Å²) in [5, 5.41) is 12.2. The third-order valence-corrected chi connectivity index (χ3v) is 5.20. The van der Waals surface area contributed by atoms with Crippen LogP contribution >= 0.6 is 11.8 Å². The van der Waals surface area contributed by atoms with Crippen LogP contribution in [0.5, 0.6) is 5.75 Å². The number of hydrogen-bond acceptors (Lipinski definition) is 5. The minimum atomic E-state index is -0.0341. The van der Waals surface area contributed by atoms with Crippen LogP contribution in [-0.2, 0) is 17.9 Å². The molecule has 0 saturated heterocycles. The molecular weight excluding hydrogens is 372 g/mol. The lowest BCUT2D eigenvalue weighted by molar-refractivity contribution is -0.119. The van der Waals surface area contributed by atoms with E-state index < -0.39 is 0 Å². The molecule has 0 spiro atoms. The molecule has 3 aromatic rings. The van der Waals surface area contributed by atoms with Gasteiger partial charge in [-0.25, -0.2) is 0 Å². The van der Waals surface area contributed by atoms with Gasteiger partial charge in [0, 0.05) is 6.54 Å².